The van der Waals surface area contributed by atoms with Crippen molar-refractivity contribution in [2.45, 2.75) is 25.3 Å². The predicted octanol–water partition coefficient (Wildman–Crippen LogP) is 5.57. The molecule has 0 saturated carbocycles. The Morgan fingerprint density at radius 3 is 2.44 bits per heavy atom. The van der Waals surface area contributed by atoms with Gasteiger partial charge in [-0.1, -0.05) is 72.4 Å². The van der Waals surface area contributed by atoms with Crippen molar-refractivity contribution in [2.24, 2.45) is 4.99 Å². The Balaban J connectivity index is 1.78. The average molecular weight is 346 g/mol. The third-order valence-electron chi connectivity index (χ3n) is 4.79. The molecule has 2 aromatic rings. The molecule has 1 aliphatic carbocycles. The molecule has 1 N–H and O–H groups in total. The van der Waals surface area contributed by atoms with E-state index < -0.39 is 0 Å². The first kappa shape index (κ1) is 16.2. The van der Waals surface area contributed by atoms with E-state index in [1.807, 2.05) is 0 Å². The van der Waals surface area contributed by atoms with Crippen LogP contribution in [0, 0.1) is 0 Å². The number of benzene rings is 2. The molecule has 0 aromatic heterocycles. The van der Waals surface area contributed by atoms with Gasteiger partial charge in [0.1, 0.15) is 6.04 Å². The number of allylic oxidation sites excluding steroid dienone is 1. The molecule has 0 bridgehead atoms. The largest absolute Gasteiger partial charge is 0.335 e. The minimum absolute atomic E-state index is 0.138. The maximum atomic E-state index is 4.98. The van der Waals surface area contributed by atoms with E-state index in [1.165, 1.54) is 34.4 Å². The summed E-state index contributed by atoms with van der Waals surface area (Å²) >= 11 is 1.69. The van der Waals surface area contributed by atoms with Gasteiger partial charge in [-0.25, -0.2) is 4.99 Å². The molecule has 0 amide bonds. The number of rotatable bonds is 2. The molecular weight excluding hydrogens is 324 g/mol. The summed E-state index contributed by atoms with van der Waals surface area (Å²) in [6, 6.07) is 21.4. The second-order valence-electron chi connectivity index (χ2n) is 6.41. The third-order valence-corrected chi connectivity index (χ3v) is 5.39. The SMILES string of the molecule is CSC1=N[C@@H](c2ccccc2)C2=C(N1)/C(=C/c1ccccc1)CCC2. The van der Waals surface area contributed by atoms with Gasteiger partial charge in [-0.2, -0.15) is 0 Å². The van der Waals surface area contributed by atoms with Crippen LogP contribution in [0.15, 0.2) is 82.5 Å². The summed E-state index contributed by atoms with van der Waals surface area (Å²) in [7, 11) is 0. The van der Waals surface area contributed by atoms with E-state index in [0.29, 0.717) is 0 Å². The molecule has 0 spiro atoms. The Bertz CT molecular complexity index is 835. The number of nitrogens with zero attached hydrogens (tertiary/aromatic N) is 1. The number of aliphatic imine (C=N–C) groups is 1. The quantitative estimate of drug-likeness (QED) is 0.768. The normalized spacial score (nSPS) is 21.6. The Morgan fingerprint density at radius 1 is 1.00 bits per heavy atom. The highest BCUT2D eigenvalue weighted by Gasteiger charge is 2.29. The van der Waals surface area contributed by atoms with Crippen molar-refractivity contribution >= 4 is 23.0 Å². The molecule has 0 radical (unpaired) electrons. The fraction of sp³-hybridized carbons (Fsp3) is 0.227. The van der Waals surface area contributed by atoms with Crippen molar-refractivity contribution in [1.82, 2.24) is 5.32 Å². The van der Waals surface area contributed by atoms with Gasteiger partial charge in [-0.3, -0.25) is 0 Å². The second-order valence-corrected chi connectivity index (χ2v) is 7.21. The van der Waals surface area contributed by atoms with Crippen LogP contribution in [0.1, 0.15) is 36.4 Å². The van der Waals surface area contributed by atoms with E-state index >= 15 is 0 Å². The predicted molar refractivity (Wildman–Crippen MR) is 109 cm³/mol. The average Bonchev–Trinajstić information content (AvgIpc) is 2.69. The van der Waals surface area contributed by atoms with Gasteiger partial charge in [0.2, 0.25) is 0 Å². The van der Waals surface area contributed by atoms with Crippen LogP contribution >= 0.6 is 11.8 Å². The lowest BCUT2D eigenvalue weighted by Gasteiger charge is -2.32. The molecule has 126 valence electrons. The molecule has 2 nitrogen and oxygen atoms in total. The molecule has 0 unspecified atom stereocenters. The summed E-state index contributed by atoms with van der Waals surface area (Å²) in [6.07, 6.45) is 7.82. The zero-order valence-electron chi connectivity index (χ0n) is 14.4. The highest BCUT2D eigenvalue weighted by atomic mass is 32.2. The van der Waals surface area contributed by atoms with Gasteiger partial charge >= 0.3 is 0 Å². The molecule has 25 heavy (non-hydrogen) atoms. The Morgan fingerprint density at radius 2 is 1.72 bits per heavy atom. The van der Waals surface area contributed by atoms with Gasteiger partial charge in [0.15, 0.2) is 5.17 Å². The fourth-order valence-electron chi connectivity index (χ4n) is 3.60. The van der Waals surface area contributed by atoms with Gasteiger partial charge in [0.05, 0.1) is 0 Å². The van der Waals surface area contributed by atoms with E-state index in [2.05, 4.69) is 78.3 Å². The maximum absolute atomic E-state index is 4.98. The van der Waals surface area contributed by atoms with Crippen LogP contribution in [0.25, 0.3) is 6.08 Å². The third kappa shape index (κ3) is 3.42. The molecule has 1 heterocycles. The van der Waals surface area contributed by atoms with Gasteiger partial charge in [0, 0.05) is 5.70 Å². The molecule has 3 heteroatoms. The number of nitrogens with one attached hydrogen (secondary N) is 1. The molecule has 2 aromatic carbocycles. The van der Waals surface area contributed by atoms with Crippen LogP contribution in [-0.4, -0.2) is 11.4 Å². The molecule has 1 atom stereocenters. The number of hydrogen-bond donors (Lipinski definition) is 1. The van der Waals surface area contributed by atoms with Crippen molar-refractivity contribution in [3.05, 3.63) is 88.6 Å². The Kier molecular flexibility index (Phi) is 4.75. The zero-order chi connectivity index (χ0) is 17.1. The van der Waals surface area contributed by atoms with E-state index in [9.17, 15) is 0 Å². The summed E-state index contributed by atoms with van der Waals surface area (Å²) in [5.74, 6) is 0. The topological polar surface area (TPSA) is 24.4 Å². The number of hydrogen-bond acceptors (Lipinski definition) is 3. The van der Waals surface area contributed by atoms with Crippen LogP contribution in [0.5, 0.6) is 0 Å². The van der Waals surface area contributed by atoms with Crippen LogP contribution in [-0.2, 0) is 0 Å². The Hall–Kier alpha value is -2.26. The van der Waals surface area contributed by atoms with Crippen molar-refractivity contribution in [1.29, 1.82) is 0 Å². The van der Waals surface area contributed by atoms with Crippen molar-refractivity contribution in [3.8, 4) is 0 Å². The number of thioether (sulfide) groups is 1. The van der Waals surface area contributed by atoms with Crippen molar-refractivity contribution in [3.63, 3.8) is 0 Å². The van der Waals surface area contributed by atoms with Crippen LogP contribution < -0.4 is 5.32 Å². The zero-order valence-corrected chi connectivity index (χ0v) is 15.2. The molecule has 0 saturated heterocycles. The highest BCUT2D eigenvalue weighted by Crippen LogP contribution is 2.41. The van der Waals surface area contributed by atoms with E-state index in [-0.39, 0.29) is 6.04 Å². The van der Waals surface area contributed by atoms with E-state index in [0.717, 1.165) is 18.0 Å². The van der Waals surface area contributed by atoms with Crippen molar-refractivity contribution in [2.75, 3.05) is 6.26 Å². The smallest absolute Gasteiger partial charge is 0.161 e. The first-order valence-corrected chi connectivity index (χ1v) is 10.0. The molecule has 1 aliphatic heterocycles. The Labute approximate surface area is 153 Å². The minimum Gasteiger partial charge on any atom is -0.335 e. The second kappa shape index (κ2) is 7.32. The molecule has 2 aliphatic rings. The van der Waals surface area contributed by atoms with Crippen LogP contribution in [0.2, 0.25) is 0 Å². The standard InChI is InChI=1S/C22H22N2S/c1-25-22-23-20(17-11-6-3-7-12-17)19-14-8-13-18(21(19)24-22)15-16-9-4-2-5-10-16/h2-7,9-12,15,20H,8,13-14H2,1H3,(H,23,24)/b18-15+/t20-/m0/s1. The van der Waals surface area contributed by atoms with Gasteiger partial charge in [-0.05, 0) is 53.9 Å². The fourth-order valence-corrected chi connectivity index (χ4v) is 4.02. The van der Waals surface area contributed by atoms with E-state index in [1.54, 1.807) is 11.8 Å². The van der Waals surface area contributed by atoms with Gasteiger partial charge in [0.25, 0.3) is 0 Å². The molecule has 4 rings (SSSR count). The molecule has 0 fully saturated rings. The van der Waals surface area contributed by atoms with Gasteiger partial charge in [-0.15, -0.1) is 0 Å². The lowest BCUT2D eigenvalue weighted by atomic mass is 9.84. The number of amidine groups is 1. The maximum Gasteiger partial charge on any atom is 0.161 e. The lowest BCUT2D eigenvalue weighted by molar-refractivity contribution is 0.660. The highest BCUT2D eigenvalue weighted by molar-refractivity contribution is 8.13. The first-order valence-electron chi connectivity index (χ1n) is 8.78. The van der Waals surface area contributed by atoms with Crippen LogP contribution in [0.3, 0.4) is 0 Å². The monoisotopic (exact) mass is 346 g/mol. The van der Waals surface area contributed by atoms with Gasteiger partial charge < -0.3 is 5.32 Å². The van der Waals surface area contributed by atoms with Crippen LogP contribution in [0.4, 0.5) is 0 Å². The minimum atomic E-state index is 0.138. The van der Waals surface area contributed by atoms with Crippen molar-refractivity contribution < 1.29 is 0 Å². The lowest BCUT2D eigenvalue weighted by Crippen LogP contribution is -2.30. The summed E-state index contributed by atoms with van der Waals surface area (Å²) < 4.78 is 0. The summed E-state index contributed by atoms with van der Waals surface area (Å²) in [5.41, 5.74) is 6.66. The van der Waals surface area contributed by atoms with E-state index in [4.69, 9.17) is 4.99 Å². The summed E-state index contributed by atoms with van der Waals surface area (Å²) in [5, 5.41) is 4.61. The first-order chi connectivity index (χ1) is 12.3. The summed E-state index contributed by atoms with van der Waals surface area (Å²) in [6.45, 7) is 0. The summed E-state index contributed by atoms with van der Waals surface area (Å²) in [4.78, 5) is 4.98. The molecular formula is C22H22N2S.